The fraction of sp³-hybridized carbons (Fsp3) is 0. The van der Waals surface area contributed by atoms with E-state index in [-0.39, 0.29) is 34.5 Å². The van der Waals surface area contributed by atoms with Gasteiger partial charge < -0.3 is 4.55 Å². The molecular weight excluding hydrogens is 350 g/mol. The Labute approximate surface area is 166 Å². The summed E-state index contributed by atoms with van der Waals surface area (Å²) in [6.45, 7) is 0. The molecule has 0 aliphatic heterocycles. The minimum absolute atomic E-state index is 0. The number of hydrogen-bond acceptors (Lipinski definition) is 3. The summed E-state index contributed by atoms with van der Waals surface area (Å²) in [5.74, 6) is 0. The van der Waals surface area contributed by atoms with E-state index in [0.29, 0.717) is 5.30 Å². The minimum atomic E-state index is -4.53. The average molecular weight is 364 g/mol. The smallest absolute Gasteiger partial charge is 0.744 e. The molecule has 0 fully saturated rings. The summed E-state index contributed by atoms with van der Waals surface area (Å²) in [6.07, 6.45) is 0. The first-order valence-electron chi connectivity index (χ1n) is 6.97. The summed E-state index contributed by atoms with van der Waals surface area (Å²) in [4.78, 5) is -0.207. The van der Waals surface area contributed by atoms with Crippen molar-refractivity contribution in [2.75, 3.05) is 0 Å². The molecule has 0 aromatic heterocycles. The molecule has 24 heavy (non-hydrogen) atoms. The molecule has 0 N–H and O–H groups in total. The third-order valence-corrected chi connectivity index (χ3v) is 5.33. The Morgan fingerprint density at radius 1 is 0.750 bits per heavy atom. The Hall–Kier alpha value is -1.000. The molecule has 1 atom stereocenters. The van der Waals surface area contributed by atoms with Crippen LogP contribution in [0.5, 0.6) is 0 Å². The molecule has 0 aliphatic carbocycles. The summed E-state index contributed by atoms with van der Waals surface area (Å²) < 4.78 is 34.5. The van der Waals surface area contributed by atoms with E-state index in [1.54, 1.807) is 6.07 Å². The third kappa shape index (κ3) is 3.97. The molecule has 3 aromatic carbocycles. The van der Waals surface area contributed by atoms with Crippen LogP contribution in [0.3, 0.4) is 0 Å². The van der Waals surface area contributed by atoms with Crippen molar-refractivity contribution in [3.05, 3.63) is 72.8 Å². The maximum absolute atomic E-state index is 11.5. The van der Waals surface area contributed by atoms with Gasteiger partial charge in [-0.2, -0.15) is 0 Å². The molecule has 0 radical (unpaired) electrons. The zero-order chi connectivity index (χ0) is 16.4. The molecular formula is C18H14NaO3PS. The second-order valence-corrected chi connectivity index (χ2v) is 7.01. The largest absolute Gasteiger partial charge is 1.00 e. The van der Waals surface area contributed by atoms with Crippen LogP contribution in [0.4, 0.5) is 0 Å². The molecule has 0 saturated heterocycles. The van der Waals surface area contributed by atoms with Crippen LogP contribution in [0.2, 0.25) is 0 Å². The predicted octanol–water partition coefficient (Wildman–Crippen LogP) is 0.429. The topological polar surface area (TPSA) is 57.2 Å². The van der Waals surface area contributed by atoms with Gasteiger partial charge in [-0.15, -0.1) is 9.24 Å². The molecule has 0 bridgehead atoms. The maximum atomic E-state index is 11.5. The van der Waals surface area contributed by atoms with Gasteiger partial charge >= 0.3 is 29.6 Å². The fourth-order valence-electron chi connectivity index (χ4n) is 2.59. The monoisotopic (exact) mass is 364 g/mol. The first kappa shape index (κ1) is 19.3. The van der Waals surface area contributed by atoms with Crippen LogP contribution in [0.1, 0.15) is 0 Å². The molecule has 3 nitrogen and oxygen atoms in total. The first-order chi connectivity index (χ1) is 11.0. The van der Waals surface area contributed by atoms with Crippen LogP contribution in [0.15, 0.2) is 77.7 Å². The zero-order valence-corrected chi connectivity index (χ0v) is 17.1. The molecule has 0 heterocycles. The van der Waals surface area contributed by atoms with Gasteiger partial charge in [-0.1, -0.05) is 66.7 Å². The van der Waals surface area contributed by atoms with Crippen molar-refractivity contribution in [1.82, 2.24) is 0 Å². The van der Waals surface area contributed by atoms with Gasteiger partial charge in [-0.05, 0) is 33.6 Å². The maximum Gasteiger partial charge on any atom is 1.00 e. The van der Waals surface area contributed by atoms with Gasteiger partial charge in [-0.3, -0.25) is 0 Å². The van der Waals surface area contributed by atoms with Crippen molar-refractivity contribution in [3.8, 4) is 22.3 Å². The summed E-state index contributed by atoms with van der Waals surface area (Å²) in [5.41, 5.74) is 3.44. The number of rotatable bonds is 3. The Morgan fingerprint density at radius 2 is 1.25 bits per heavy atom. The van der Waals surface area contributed by atoms with Crippen molar-refractivity contribution >= 4 is 24.7 Å². The summed E-state index contributed by atoms with van der Waals surface area (Å²) in [6, 6.07) is 22.2. The minimum Gasteiger partial charge on any atom is -0.744 e. The van der Waals surface area contributed by atoms with E-state index in [1.807, 2.05) is 60.7 Å². The van der Waals surface area contributed by atoms with Gasteiger partial charge in [0.05, 0.1) is 4.90 Å². The zero-order valence-electron chi connectivity index (χ0n) is 13.1. The van der Waals surface area contributed by atoms with Crippen LogP contribution in [-0.4, -0.2) is 13.0 Å². The van der Waals surface area contributed by atoms with E-state index < -0.39 is 10.1 Å². The van der Waals surface area contributed by atoms with Crippen molar-refractivity contribution in [2.24, 2.45) is 0 Å². The molecule has 0 saturated carbocycles. The van der Waals surface area contributed by atoms with Crippen molar-refractivity contribution in [2.45, 2.75) is 4.90 Å². The average Bonchev–Trinajstić information content (AvgIpc) is 2.55. The summed E-state index contributed by atoms with van der Waals surface area (Å²) in [7, 11) is -2.12. The van der Waals surface area contributed by atoms with E-state index in [0.717, 1.165) is 22.3 Å². The van der Waals surface area contributed by atoms with Gasteiger partial charge in [0.2, 0.25) is 0 Å². The summed E-state index contributed by atoms with van der Waals surface area (Å²) >= 11 is 0. The number of benzene rings is 3. The van der Waals surface area contributed by atoms with Crippen LogP contribution in [0.25, 0.3) is 22.3 Å². The number of hydrogen-bond donors (Lipinski definition) is 0. The van der Waals surface area contributed by atoms with Crippen LogP contribution in [-0.2, 0) is 10.1 Å². The first-order valence-corrected chi connectivity index (χ1v) is 8.96. The standard InChI is InChI=1S/C18H15O3PS.Na/c19-23(20,21)16-12-11-15(13-7-3-1-4-8-13)17(18(16)22)14-9-5-2-6-10-14;/h1-12H,22H2,(H,19,20,21);/q;+1/p-1. The SMILES string of the molecule is O=S(=O)([O-])c1ccc(-c2ccccc2)c(-c2ccccc2)c1P.[Na+]. The second-order valence-electron chi connectivity index (χ2n) is 5.09. The van der Waals surface area contributed by atoms with Gasteiger partial charge in [0.1, 0.15) is 10.1 Å². The van der Waals surface area contributed by atoms with Crippen molar-refractivity contribution in [1.29, 1.82) is 0 Å². The third-order valence-electron chi connectivity index (χ3n) is 3.62. The van der Waals surface area contributed by atoms with E-state index in [2.05, 4.69) is 9.24 Å². The molecule has 3 aromatic rings. The van der Waals surface area contributed by atoms with Crippen molar-refractivity contribution in [3.63, 3.8) is 0 Å². The molecule has 116 valence electrons. The Bertz CT molecular complexity index is 943. The quantitative estimate of drug-likeness (QED) is 0.385. The Morgan fingerprint density at radius 3 is 1.75 bits per heavy atom. The fourth-order valence-corrected chi connectivity index (χ4v) is 4.05. The Balaban J connectivity index is 0.00000208. The van der Waals surface area contributed by atoms with Gasteiger partial charge in [-0.25, -0.2) is 8.42 Å². The normalized spacial score (nSPS) is 10.9. The molecule has 1 unspecified atom stereocenters. The molecule has 6 heteroatoms. The van der Waals surface area contributed by atoms with Gasteiger partial charge in [0.25, 0.3) is 0 Å². The van der Waals surface area contributed by atoms with Gasteiger partial charge in [0.15, 0.2) is 0 Å². The molecule has 0 amide bonds. The molecule has 0 aliphatic rings. The summed E-state index contributed by atoms with van der Waals surface area (Å²) in [5, 5.41) is 0.396. The van der Waals surface area contributed by atoms with E-state index in [4.69, 9.17) is 0 Å². The van der Waals surface area contributed by atoms with Crippen LogP contribution in [0, 0.1) is 0 Å². The van der Waals surface area contributed by atoms with Gasteiger partial charge in [0, 0.05) is 0 Å². The molecule has 3 rings (SSSR count). The van der Waals surface area contributed by atoms with Crippen LogP contribution >= 0.6 is 9.24 Å². The predicted molar refractivity (Wildman–Crippen MR) is 94.6 cm³/mol. The Kier molecular flexibility index (Phi) is 6.38. The van der Waals surface area contributed by atoms with Crippen molar-refractivity contribution < 1.29 is 42.5 Å². The van der Waals surface area contributed by atoms with E-state index >= 15 is 0 Å². The van der Waals surface area contributed by atoms with Crippen LogP contribution < -0.4 is 34.9 Å². The second kappa shape index (κ2) is 7.92. The van der Waals surface area contributed by atoms with E-state index in [9.17, 15) is 13.0 Å². The van der Waals surface area contributed by atoms with E-state index in [1.165, 1.54) is 6.07 Å². The molecule has 0 spiro atoms.